The van der Waals surface area contributed by atoms with Gasteiger partial charge in [0.2, 0.25) is 0 Å². The third kappa shape index (κ3) is 3.23. The SMILES string of the molecule is O=C(Nc1cnn(CC2CC2)c1)c1cccc(Br)c1. The Hall–Kier alpha value is -1.62. The van der Waals surface area contributed by atoms with Crippen molar-refractivity contribution in [2.24, 2.45) is 5.92 Å². The number of halogens is 1. The molecule has 1 saturated carbocycles. The van der Waals surface area contributed by atoms with Crippen LogP contribution in [0.1, 0.15) is 23.2 Å². The van der Waals surface area contributed by atoms with Crippen LogP contribution in [0.15, 0.2) is 41.1 Å². The number of anilines is 1. The first-order valence-electron chi connectivity index (χ1n) is 6.30. The van der Waals surface area contributed by atoms with Crippen LogP contribution in [0.2, 0.25) is 0 Å². The molecular weight excluding hydrogens is 306 g/mol. The molecule has 0 radical (unpaired) electrons. The normalized spacial score (nSPS) is 14.4. The summed E-state index contributed by atoms with van der Waals surface area (Å²) in [4.78, 5) is 12.0. The molecule has 5 heteroatoms. The van der Waals surface area contributed by atoms with Gasteiger partial charge in [0.1, 0.15) is 0 Å². The molecule has 1 aromatic heterocycles. The summed E-state index contributed by atoms with van der Waals surface area (Å²) in [5.41, 5.74) is 1.37. The summed E-state index contributed by atoms with van der Waals surface area (Å²) in [5, 5.41) is 7.11. The summed E-state index contributed by atoms with van der Waals surface area (Å²) in [5.74, 6) is 0.654. The second-order valence-corrected chi connectivity index (χ2v) is 5.77. The number of nitrogens with one attached hydrogen (secondary N) is 1. The van der Waals surface area contributed by atoms with Gasteiger partial charge in [-0.3, -0.25) is 9.48 Å². The Morgan fingerprint density at radius 2 is 2.32 bits per heavy atom. The molecule has 98 valence electrons. The highest BCUT2D eigenvalue weighted by molar-refractivity contribution is 9.10. The smallest absolute Gasteiger partial charge is 0.255 e. The van der Waals surface area contributed by atoms with Crippen LogP contribution < -0.4 is 5.32 Å². The standard InChI is InChI=1S/C14H14BrN3O/c15-12-3-1-2-11(6-12)14(19)17-13-7-16-18(9-13)8-10-4-5-10/h1-3,6-7,9-10H,4-5,8H2,(H,17,19). The van der Waals surface area contributed by atoms with Gasteiger partial charge in [-0.1, -0.05) is 22.0 Å². The topological polar surface area (TPSA) is 46.9 Å². The predicted molar refractivity (Wildman–Crippen MR) is 77.0 cm³/mol. The van der Waals surface area contributed by atoms with Crippen molar-refractivity contribution in [1.29, 1.82) is 0 Å². The summed E-state index contributed by atoms with van der Waals surface area (Å²) in [6, 6.07) is 7.32. The van der Waals surface area contributed by atoms with Gasteiger partial charge in [-0.25, -0.2) is 0 Å². The minimum atomic E-state index is -0.118. The van der Waals surface area contributed by atoms with Crippen LogP contribution in [0.4, 0.5) is 5.69 Å². The van der Waals surface area contributed by atoms with Gasteiger partial charge >= 0.3 is 0 Å². The molecule has 1 fully saturated rings. The van der Waals surface area contributed by atoms with Crippen LogP contribution in [0.3, 0.4) is 0 Å². The van der Waals surface area contributed by atoms with E-state index in [1.54, 1.807) is 18.3 Å². The molecule has 1 amide bonds. The molecular formula is C14H14BrN3O. The summed E-state index contributed by atoms with van der Waals surface area (Å²) in [6.07, 6.45) is 6.16. The number of hydrogen-bond acceptors (Lipinski definition) is 2. The third-order valence-electron chi connectivity index (χ3n) is 3.12. The molecule has 1 aromatic carbocycles. The minimum Gasteiger partial charge on any atom is -0.319 e. The average molecular weight is 320 g/mol. The average Bonchev–Trinajstić information content (AvgIpc) is 3.09. The Kier molecular flexibility index (Phi) is 3.38. The zero-order valence-electron chi connectivity index (χ0n) is 10.3. The van der Waals surface area contributed by atoms with E-state index in [1.165, 1.54) is 12.8 Å². The molecule has 0 spiro atoms. The lowest BCUT2D eigenvalue weighted by Crippen LogP contribution is -2.11. The van der Waals surface area contributed by atoms with Gasteiger partial charge in [0.25, 0.3) is 5.91 Å². The van der Waals surface area contributed by atoms with Gasteiger partial charge in [0.05, 0.1) is 11.9 Å². The molecule has 0 bridgehead atoms. The van der Waals surface area contributed by atoms with Crippen molar-refractivity contribution in [3.8, 4) is 0 Å². The number of benzene rings is 1. The van der Waals surface area contributed by atoms with Gasteiger partial charge in [-0.2, -0.15) is 5.10 Å². The number of nitrogens with zero attached hydrogens (tertiary/aromatic N) is 2. The van der Waals surface area contributed by atoms with E-state index in [1.807, 2.05) is 23.0 Å². The largest absolute Gasteiger partial charge is 0.319 e. The van der Waals surface area contributed by atoms with Crippen LogP contribution in [0, 0.1) is 5.92 Å². The molecule has 0 saturated heterocycles. The highest BCUT2D eigenvalue weighted by Crippen LogP contribution is 2.30. The fraction of sp³-hybridized carbons (Fsp3) is 0.286. The first kappa shape index (κ1) is 12.4. The summed E-state index contributed by atoms with van der Waals surface area (Å²) < 4.78 is 2.79. The van der Waals surface area contributed by atoms with Crippen LogP contribution >= 0.6 is 15.9 Å². The predicted octanol–water partition coefficient (Wildman–Crippen LogP) is 3.31. The van der Waals surface area contributed by atoms with Gasteiger partial charge in [0, 0.05) is 22.8 Å². The number of carbonyl (C=O) groups is 1. The molecule has 1 heterocycles. The highest BCUT2D eigenvalue weighted by atomic mass is 79.9. The number of aromatic nitrogens is 2. The van der Waals surface area contributed by atoms with E-state index >= 15 is 0 Å². The molecule has 3 rings (SSSR count). The fourth-order valence-electron chi connectivity index (χ4n) is 1.93. The van der Waals surface area contributed by atoms with Crippen LogP contribution in [-0.4, -0.2) is 15.7 Å². The van der Waals surface area contributed by atoms with E-state index in [0.29, 0.717) is 5.56 Å². The molecule has 0 unspecified atom stereocenters. The summed E-state index contributed by atoms with van der Waals surface area (Å²) >= 11 is 3.36. The zero-order valence-corrected chi connectivity index (χ0v) is 11.9. The molecule has 1 N–H and O–H groups in total. The quantitative estimate of drug-likeness (QED) is 0.939. The molecule has 1 aliphatic rings. The second-order valence-electron chi connectivity index (χ2n) is 4.86. The van der Waals surface area contributed by atoms with Crippen LogP contribution in [0.5, 0.6) is 0 Å². The summed E-state index contributed by atoms with van der Waals surface area (Å²) in [7, 11) is 0. The number of amides is 1. The van der Waals surface area contributed by atoms with E-state index in [0.717, 1.165) is 22.6 Å². The first-order valence-corrected chi connectivity index (χ1v) is 7.09. The molecule has 19 heavy (non-hydrogen) atoms. The lowest BCUT2D eigenvalue weighted by Gasteiger charge is -2.02. The first-order chi connectivity index (χ1) is 9.20. The lowest BCUT2D eigenvalue weighted by molar-refractivity contribution is 0.102. The van der Waals surface area contributed by atoms with Crippen molar-refractivity contribution in [3.63, 3.8) is 0 Å². The maximum Gasteiger partial charge on any atom is 0.255 e. The fourth-order valence-corrected chi connectivity index (χ4v) is 2.33. The van der Waals surface area contributed by atoms with E-state index < -0.39 is 0 Å². The highest BCUT2D eigenvalue weighted by Gasteiger charge is 2.22. The van der Waals surface area contributed by atoms with Crippen LogP contribution in [0.25, 0.3) is 0 Å². The van der Waals surface area contributed by atoms with Crippen molar-refractivity contribution in [2.45, 2.75) is 19.4 Å². The lowest BCUT2D eigenvalue weighted by atomic mass is 10.2. The van der Waals surface area contributed by atoms with Crippen molar-refractivity contribution < 1.29 is 4.79 Å². The van der Waals surface area contributed by atoms with Gasteiger partial charge in [0.15, 0.2) is 0 Å². The van der Waals surface area contributed by atoms with E-state index in [4.69, 9.17) is 0 Å². The molecule has 0 aliphatic heterocycles. The Balaban J connectivity index is 1.66. The van der Waals surface area contributed by atoms with Crippen molar-refractivity contribution in [3.05, 3.63) is 46.7 Å². The van der Waals surface area contributed by atoms with Crippen molar-refractivity contribution >= 4 is 27.5 Å². The van der Waals surface area contributed by atoms with Crippen LogP contribution in [-0.2, 0) is 6.54 Å². The van der Waals surface area contributed by atoms with Crippen molar-refractivity contribution in [1.82, 2.24) is 9.78 Å². The summed E-state index contributed by atoms with van der Waals surface area (Å²) in [6.45, 7) is 0.951. The molecule has 1 aliphatic carbocycles. The van der Waals surface area contributed by atoms with E-state index in [-0.39, 0.29) is 5.91 Å². The van der Waals surface area contributed by atoms with Crippen molar-refractivity contribution in [2.75, 3.05) is 5.32 Å². The van der Waals surface area contributed by atoms with Gasteiger partial charge < -0.3 is 5.32 Å². The maximum atomic E-state index is 12.0. The molecule has 0 atom stereocenters. The third-order valence-corrected chi connectivity index (χ3v) is 3.61. The molecule has 2 aromatic rings. The van der Waals surface area contributed by atoms with E-state index in [2.05, 4.69) is 26.3 Å². The minimum absolute atomic E-state index is 0.118. The van der Waals surface area contributed by atoms with Gasteiger partial charge in [-0.05, 0) is 37.0 Å². The Bertz CT molecular complexity index is 604. The number of rotatable bonds is 4. The number of carbonyl (C=O) groups excluding carboxylic acids is 1. The maximum absolute atomic E-state index is 12.0. The molecule has 4 nitrogen and oxygen atoms in total. The second kappa shape index (κ2) is 5.17. The van der Waals surface area contributed by atoms with E-state index in [9.17, 15) is 4.79 Å². The number of hydrogen-bond donors (Lipinski definition) is 1. The Labute approximate surface area is 119 Å². The Morgan fingerprint density at radius 3 is 3.05 bits per heavy atom. The monoisotopic (exact) mass is 319 g/mol. The zero-order chi connectivity index (χ0) is 13.2. The Morgan fingerprint density at radius 1 is 1.47 bits per heavy atom. The van der Waals surface area contributed by atoms with Gasteiger partial charge in [-0.15, -0.1) is 0 Å².